The number of thiol groups is 1. The van der Waals surface area contributed by atoms with E-state index < -0.39 is 7.58 Å². The molecule has 0 heterocycles. The molecule has 0 unspecified atom stereocenters. The molecule has 0 amide bonds. The SMILES string of the molecule is OP(O)S. The highest BCUT2D eigenvalue weighted by Crippen LogP contribution is 2.26. The molecule has 0 aliphatic heterocycles. The summed E-state index contributed by atoms with van der Waals surface area (Å²) in [6, 6.07) is 0. The van der Waals surface area contributed by atoms with E-state index in [2.05, 4.69) is 12.2 Å². The summed E-state index contributed by atoms with van der Waals surface area (Å²) in [7, 11) is -1.93. The summed E-state index contributed by atoms with van der Waals surface area (Å²) >= 11 is 3.14. The van der Waals surface area contributed by atoms with Crippen molar-refractivity contribution in [2.24, 2.45) is 0 Å². The lowest BCUT2D eigenvalue weighted by atomic mass is 15.9. The molecule has 0 aliphatic rings. The summed E-state index contributed by atoms with van der Waals surface area (Å²) in [5.41, 5.74) is 0. The van der Waals surface area contributed by atoms with Gasteiger partial charge in [0.1, 0.15) is 0 Å². The van der Waals surface area contributed by atoms with Gasteiger partial charge in [0.25, 0.3) is 0 Å². The maximum atomic E-state index is 7.54. The third-order valence-corrected chi connectivity index (χ3v) is 0. The molecular formula is H3O2PS. The lowest BCUT2D eigenvalue weighted by molar-refractivity contribution is 0.506. The normalized spacial score (nSPS) is 9.00. The Balaban J connectivity index is 2.32. The highest BCUT2D eigenvalue weighted by molar-refractivity contribution is 8.41. The van der Waals surface area contributed by atoms with Crippen LogP contribution in [0.15, 0.2) is 0 Å². The Kier molecular flexibility index (Phi) is 2.32. The average molecular weight is 98.1 g/mol. The van der Waals surface area contributed by atoms with Gasteiger partial charge in [-0.2, -0.15) is 0 Å². The van der Waals surface area contributed by atoms with Crippen LogP contribution in [0.5, 0.6) is 0 Å². The molecule has 2 nitrogen and oxygen atoms in total. The molecule has 0 aromatic carbocycles. The summed E-state index contributed by atoms with van der Waals surface area (Å²) in [5.74, 6) is 0. The fourth-order valence-electron chi connectivity index (χ4n) is 0. The van der Waals surface area contributed by atoms with Crippen LogP contribution in [0, 0.1) is 0 Å². The first-order chi connectivity index (χ1) is 1.73. The van der Waals surface area contributed by atoms with Gasteiger partial charge < -0.3 is 9.79 Å². The average Bonchev–Trinajstić information content (AvgIpc) is 0.811. The van der Waals surface area contributed by atoms with Crippen molar-refractivity contribution in [2.75, 3.05) is 0 Å². The quantitative estimate of drug-likeness (QED) is 0.297. The van der Waals surface area contributed by atoms with Gasteiger partial charge in [-0.1, -0.05) is 12.2 Å². The Bertz CT molecular complexity index is 10.8. The Hall–Kier alpha value is 0.700. The molecule has 0 aromatic rings. The van der Waals surface area contributed by atoms with E-state index in [0.717, 1.165) is 0 Å². The molecule has 0 rings (SSSR count). The van der Waals surface area contributed by atoms with Crippen molar-refractivity contribution in [3.8, 4) is 0 Å². The van der Waals surface area contributed by atoms with Crippen LogP contribution in [-0.4, -0.2) is 9.79 Å². The van der Waals surface area contributed by atoms with Crippen molar-refractivity contribution in [3.05, 3.63) is 0 Å². The van der Waals surface area contributed by atoms with Crippen molar-refractivity contribution in [3.63, 3.8) is 0 Å². The van der Waals surface area contributed by atoms with Crippen LogP contribution in [0.1, 0.15) is 0 Å². The molecular weight excluding hydrogens is 95.0 g/mol. The second-order valence-electron chi connectivity index (χ2n) is 0.268. The first kappa shape index (κ1) is 4.70. The maximum absolute atomic E-state index is 7.54. The molecule has 0 fully saturated rings. The highest BCUT2D eigenvalue weighted by atomic mass is 32.7. The molecule has 0 aliphatic carbocycles. The van der Waals surface area contributed by atoms with E-state index in [9.17, 15) is 0 Å². The zero-order chi connectivity index (χ0) is 3.58. The first-order valence-corrected chi connectivity index (χ1v) is 3.00. The van der Waals surface area contributed by atoms with Crippen molar-refractivity contribution in [2.45, 2.75) is 0 Å². The van der Waals surface area contributed by atoms with Gasteiger partial charge in [-0.3, -0.25) is 0 Å². The lowest BCUT2D eigenvalue weighted by Gasteiger charge is -1.77. The largest absolute Gasteiger partial charge is 0.342 e. The molecule has 0 atom stereocenters. The summed E-state index contributed by atoms with van der Waals surface area (Å²) in [6.45, 7) is 0. The van der Waals surface area contributed by atoms with E-state index in [4.69, 9.17) is 9.79 Å². The molecule has 0 saturated heterocycles. The molecule has 0 aromatic heterocycles. The zero-order valence-corrected chi connectivity index (χ0v) is 3.58. The summed E-state index contributed by atoms with van der Waals surface area (Å²) in [5, 5.41) is 0. The topological polar surface area (TPSA) is 40.5 Å². The molecule has 0 bridgehead atoms. The monoisotopic (exact) mass is 98.0 g/mol. The molecule has 0 radical (unpaired) electrons. The third-order valence-electron chi connectivity index (χ3n) is 0. The van der Waals surface area contributed by atoms with Crippen LogP contribution in [0.25, 0.3) is 0 Å². The Labute approximate surface area is 30.5 Å². The Morgan fingerprint density at radius 1 is 1.50 bits per heavy atom. The molecule has 0 saturated carbocycles. The maximum Gasteiger partial charge on any atom is 0.229 e. The van der Waals surface area contributed by atoms with Crippen LogP contribution >= 0.6 is 19.8 Å². The zero-order valence-electron chi connectivity index (χ0n) is 1.79. The van der Waals surface area contributed by atoms with Crippen LogP contribution < -0.4 is 0 Å². The first-order valence-electron chi connectivity index (χ1n) is 0.600. The van der Waals surface area contributed by atoms with E-state index in [0.29, 0.717) is 0 Å². The van der Waals surface area contributed by atoms with Crippen LogP contribution in [0.3, 0.4) is 0 Å². The number of hydrogen-bond acceptors (Lipinski definition) is 3. The van der Waals surface area contributed by atoms with Crippen molar-refractivity contribution in [1.82, 2.24) is 0 Å². The Morgan fingerprint density at radius 2 is 1.50 bits per heavy atom. The second-order valence-corrected chi connectivity index (χ2v) is 1.88. The van der Waals surface area contributed by atoms with Gasteiger partial charge in [-0.15, -0.1) is 0 Å². The third kappa shape index (κ3) is 15.9. The molecule has 26 valence electrons. The summed E-state index contributed by atoms with van der Waals surface area (Å²) in [6.07, 6.45) is 0. The van der Waals surface area contributed by atoms with Crippen LogP contribution in [-0.2, 0) is 0 Å². The van der Waals surface area contributed by atoms with E-state index in [1.807, 2.05) is 0 Å². The van der Waals surface area contributed by atoms with E-state index >= 15 is 0 Å². The van der Waals surface area contributed by atoms with Crippen molar-refractivity contribution in [1.29, 1.82) is 0 Å². The number of rotatable bonds is 0. The van der Waals surface area contributed by atoms with Crippen LogP contribution in [0.2, 0.25) is 0 Å². The standard InChI is InChI=1S/H3O2PS/c1-3(2)4/h1-2,4H. The van der Waals surface area contributed by atoms with E-state index in [1.54, 1.807) is 0 Å². The molecule has 2 N–H and O–H groups in total. The lowest BCUT2D eigenvalue weighted by Crippen LogP contribution is -1.41. The smallest absolute Gasteiger partial charge is 0.229 e. The Morgan fingerprint density at radius 3 is 1.50 bits per heavy atom. The summed E-state index contributed by atoms with van der Waals surface area (Å²) < 4.78 is 0. The minimum absolute atomic E-state index is 1.93. The van der Waals surface area contributed by atoms with Crippen molar-refractivity contribution >= 4 is 19.8 Å². The molecule has 0 spiro atoms. The van der Waals surface area contributed by atoms with Gasteiger partial charge in [0.2, 0.25) is 7.58 Å². The minimum atomic E-state index is -1.93. The van der Waals surface area contributed by atoms with Gasteiger partial charge in [0, 0.05) is 0 Å². The fourth-order valence-corrected chi connectivity index (χ4v) is 0. The van der Waals surface area contributed by atoms with Gasteiger partial charge in [0.15, 0.2) is 0 Å². The van der Waals surface area contributed by atoms with E-state index in [-0.39, 0.29) is 0 Å². The second kappa shape index (κ2) is 1.97. The fraction of sp³-hybridized carbons (Fsp3) is 0. The van der Waals surface area contributed by atoms with Gasteiger partial charge in [0.05, 0.1) is 0 Å². The molecule has 4 heteroatoms. The van der Waals surface area contributed by atoms with Gasteiger partial charge in [-0.25, -0.2) is 0 Å². The van der Waals surface area contributed by atoms with E-state index in [1.165, 1.54) is 0 Å². The van der Waals surface area contributed by atoms with Crippen molar-refractivity contribution < 1.29 is 9.79 Å². The highest BCUT2D eigenvalue weighted by Gasteiger charge is 1.74. The van der Waals surface area contributed by atoms with Crippen LogP contribution in [0.4, 0.5) is 0 Å². The summed E-state index contributed by atoms with van der Waals surface area (Å²) in [4.78, 5) is 15.1. The minimum Gasteiger partial charge on any atom is -0.342 e. The molecule has 4 heavy (non-hydrogen) atoms. The predicted octanol–water partition coefficient (Wildman–Crippen LogP) is 0.128. The van der Waals surface area contributed by atoms with Gasteiger partial charge in [-0.05, 0) is 0 Å². The van der Waals surface area contributed by atoms with Gasteiger partial charge >= 0.3 is 0 Å². The predicted molar refractivity (Wildman–Crippen MR) is 20.3 cm³/mol. The number of hydrogen-bond donors (Lipinski definition) is 3.